The number of carbonyl (C=O) groups is 1. The molecule has 1 aliphatic heterocycles. The van der Waals surface area contributed by atoms with E-state index in [1.54, 1.807) is 6.92 Å². The minimum absolute atomic E-state index is 0.164. The van der Waals surface area contributed by atoms with Crippen molar-refractivity contribution in [3.63, 3.8) is 0 Å². The summed E-state index contributed by atoms with van der Waals surface area (Å²) >= 11 is 0. The summed E-state index contributed by atoms with van der Waals surface area (Å²) in [5.74, 6) is 5.86. The second-order valence-corrected chi connectivity index (χ2v) is 3.83. The van der Waals surface area contributed by atoms with Crippen molar-refractivity contribution in [2.45, 2.75) is 33.0 Å². The molecule has 0 saturated heterocycles. The third kappa shape index (κ3) is 2.32. The third-order valence-corrected chi connectivity index (χ3v) is 2.70. The van der Waals surface area contributed by atoms with Crippen LogP contribution in [0.25, 0.3) is 0 Å². The van der Waals surface area contributed by atoms with Crippen LogP contribution >= 0.6 is 0 Å². The highest BCUT2D eigenvalue weighted by Gasteiger charge is 2.13. The van der Waals surface area contributed by atoms with E-state index < -0.39 is 0 Å². The van der Waals surface area contributed by atoms with Gasteiger partial charge in [0.2, 0.25) is 0 Å². The second-order valence-electron chi connectivity index (χ2n) is 3.83. The Morgan fingerprint density at radius 3 is 3.00 bits per heavy atom. The Kier molecular flexibility index (Phi) is 3.38. The highest BCUT2D eigenvalue weighted by Crippen LogP contribution is 2.21. The second kappa shape index (κ2) is 4.96. The highest BCUT2D eigenvalue weighted by molar-refractivity contribution is 5.96. The monoisotopic (exact) mass is 214 g/mol. The topological polar surface area (TPSA) is 26.3 Å². The van der Waals surface area contributed by atoms with E-state index in [2.05, 4.69) is 11.8 Å². The van der Waals surface area contributed by atoms with Gasteiger partial charge >= 0.3 is 0 Å². The van der Waals surface area contributed by atoms with Gasteiger partial charge in [-0.25, -0.2) is 0 Å². The number of hydrogen-bond donors (Lipinski definition) is 0. The first-order valence-corrected chi connectivity index (χ1v) is 5.43. The maximum absolute atomic E-state index is 11.8. The number of Topliss-reactive ketones (excluding diaryl/α,β-unsaturated/α-hetero) is 1. The molecule has 0 N–H and O–H groups in total. The number of rotatable bonds is 3. The Morgan fingerprint density at radius 1 is 1.38 bits per heavy atom. The van der Waals surface area contributed by atoms with Gasteiger partial charge in [-0.2, -0.15) is 0 Å². The standard InChI is InChI=1S/C14H14O2/c1-2-3-4-5-14(15)11-6-7-12-9-16-10-13(12)8-11/h6-8H,4-5,9-10H2,1H3. The average Bonchev–Trinajstić information content (AvgIpc) is 2.76. The largest absolute Gasteiger partial charge is 0.372 e. The van der Waals surface area contributed by atoms with Crippen LogP contribution in [0.5, 0.6) is 0 Å². The van der Waals surface area contributed by atoms with Gasteiger partial charge in [-0.05, 0) is 24.1 Å². The number of ketones is 1. The molecular weight excluding hydrogens is 200 g/mol. The van der Waals surface area contributed by atoms with E-state index in [0.29, 0.717) is 26.1 Å². The van der Waals surface area contributed by atoms with E-state index >= 15 is 0 Å². The molecular formula is C14H14O2. The Balaban J connectivity index is 2.08. The fraction of sp³-hybridized carbons (Fsp3) is 0.357. The smallest absolute Gasteiger partial charge is 0.163 e. The van der Waals surface area contributed by atoms with Crippen molar-refractivity contribution in [2.24, 2.45) is 0 Å². The minimum atomic E-state index is 0.164. The molecule has 0 unspecified atom stereocenters. The summed E-state index contributed by atoms with van der Waals surface area (Å²) in [7, 11) is 0. The Labute approximate surface area is 95.6 Å². The summed E-state index contributed by atoms with van der Waals surface area (Å²) < 4.78 is 5.31. The average molecular weight is 214 g/mol. The van der Waals surface area contributed by atoms with E-state index in [0.717, 1.165) is 11.1 Å². The van der Waals surface area contributed by atoms with Crippen molar-refractivity contribution in [2.75, 3.05) is 0 Å². The lowest BCUT2D eigenvalue weighted by Gasteiger charge is -2.01. The zero-order valence-electron chi connectivity index (χ0n) is 9.38. The lowest BCUT2D eigenvalue weighted by Crippen LogP contribution is -1.99. The van der Waals surface area contributed by atoms with Crippen LogP contribution in [0.2, 0.25) is 0 Å². The van der Waals surface area contributed by atoms with Gasteiger partial charge in [-0.15, -0.1) is 11.8 Å². The molecule has 1 aliphatic rings. The number of benzene rings is 1. The van der Waals surface area contributed by atoms with Crippen LogP contribution in [0.3, 0.4) is 0 Å². The summed E-state index contributed by atoms with van der Waals surface area (Å²) in [6.07, 6.45) is 1.14. The van der Waals surface area contributed by atoms with Gasteiger partial charge < -0.3 is 4.74 Å². The molecule has 0 saturated carbocycles. The fourth-order valence-corrected chi connectivity index (χ4v) is 1.79. The van der Waals surface area contributed by atoms with Gasteiger partial charge in [-0.1, -0.05) is 12.1 Å². The van der Waals surface area contributed by atoms with Crippen LogP contribution in [-0.2, 0) is 18.0 Å². The molecule has 1 aromatic carbocycles. The Bertz CT molecular complexity index is 463. The summed E-state index contributed by atoms with van der Waals surface area (Å²) in [4.78, 5) is 11.8. The van der Waals surface area contributed by atoms with E-state index in [1.165, 1.54) is 5.56 Å². The van der Waals surface area contributed by atoms with Crippen LogP contribution in [0.1, 0.15) is 41.3 Å². The van der Waals surface area contributed by atoms with Gasteiger partial charge in [0.05, 0.1) is 13.2 Å². The minimum Gasteiger partial charge on any atom is -0.372 e. The van der Waals surface area contributed by atoms with Crippen LogP contribution in [0.4, 0.5) is 0 Å². The normalized spacial score (nSPS) is 12.8. The zero-order valence-corrected chi connectivity index (χ0v) is 9.38. The van der Waals surface area contributed by atoms with Crippen molar-refractivity contribution in [1.82, 2.24) is 0 Å². The van der Waals surface area contributed by atoms with E-state index in [9.17, 15) is 4.79 Å². The summed E-state index contributed by atoms with van der Waals surface area (Å²) in [6.45, 7) is 3.09. The van der Waals surface area contributed by atoms with Crippen molar-refractivity contribution in [1.29, 1.82) is 0 Å². The maximum Gasteiger partial charge on any atom is 0.163 e. The molecule has 2 rings (SSSR count). The summed E-state index contributed by atoms with van der Waals surface area (Å²) in [5.41, 5.74) is 3.12. The van der Waals surface area contributed by atoms with Gasteiger partial charge in [0.15, 0.2) is 5.78 Å². The van der Waals surface area contributed by atoms with Crippen LogP contribution < -0.4 is 0 Å². The van der Waals surface area contributed by atoms with E-state index in [-0.39, 0.29) is 5.78 Å². The lowest BCUT2D eigenvalue weighted by atomic mass is 10.0. The molecule has 0 spiro atoms. The molecule has 0 aliphatic carbocycles. The predicted molar refractivity (Wildman–Crippen MR) is 61.9 cm³/mol. The summed E-state index contributed by atoms with van der Waals surface area (Å²) in [5, 5.41) is 0. The first kappa shape index (κ1) is 10.9. The molecule has 2 nitrogen and oxygen atoms in total. The first-order chi connectivity index (χ1) is 7.81. The van der Waals surface area contributed by atoms with Crippen LogP contribution in [0.15, 0.2) is 18.2 Å². The van der Waals surface area contributed by atoms with Crippen molar-refractivity contribution in [3.05, 3.63) is 34.9 Å². The predicted octanol–water partition coefficient (Wildman–Crippen LogP) is 2.70. The van der Waals surface area contributed by atoms with Gasteiger partial charge in [-0.3, -0.25) is 4.79 Å². The summed E-state index contributed by atoms with van der Waals surface area (Å²) in [6, 6.07) is 5.82. The highest BCUT2D eigenvalue weighted by atomic mass is 16.5. The van der Waals surface area contributed by atoms with Crippen molar-refractivity contribution in [3.8, 4) is 11.8 Å². The molecule has 82 valence electrons. The first-order valence-electron chi connectivity index (χ1n) is 5.43. The molecule has 0 fully saturated rings. The van der Waals surface area contributed by atoms with Crippen molar-refractivity contribution >= 4 is 5.78 Å². The van der Waals surface area contributed by atoms with Crippen LogP contribution in [0, 0.1) is 11.8 Å². The molecule has 0 aromatic heterocycles. The number of carbonyl (C=O) groups excluding carboxylic acids is 1. The van der Waals surface area contributed by atoms with E-state index in [1.807, 2.05) is 18.2 Å². The molecule has 0 radical (unpaired) electrons. The van der Waals surface area contributed by atoms with Gasteiger partial charge in [0.25, 0.3) is 0 Å². The maximum atomic E-state index is 11.8. The number of ether oxygens (including phenoxy) is 1. The van der Waals surface area contributed by atoms with E-state index in [4.69, 9.17) is 4.74 Å². The lowest BCUT2D eigenvalue weighted by molar-refractivity contribution is 0.0984. The molecule has 0 bridgehead atoms. The SMILES string of the molecule is CC#CCCC(=O)c1ccc2c(c1)COC2. The van der Waals surface area contributed by atoms with Gasteiger partial charge in [0, 0.05) is 18.4 Å². The quantitative estimate of drug-likeness (QED) is 0.571. The third-order valence-electron chi connectivity index (χ3n) is 2.70. The number of hydrogen-bond acceptors (Lipinski definition) is 2. The molecule has 16 heavy (non-hydrogen) atoms. The number of fused-ring (bicyclic) bond motifs is 1. The van der Waals surface area contributed by atoms with Crippen molar-refractivity contribution < 1.29 is 9.53 Å². The molecule has 2 heteroatoms. The molecule has 0 amide bonds. The fourth-order valence-electron chi connectivity index (χ4n) is 1.79. The van der Waals surface area contributed by atoms with Crippen LogP contribution in [-0.4, -0.2) is 5.78 Å². The Morgan fingerprint density at radius 2 is 2.19 bits per heavy atom. The molecule has 1 aromatic rings. The molecule has 1 heterocycles. The zero-order chi connectivity index (χ0) is 11.4. The molecule has 0 atom stereocenters. The Hall–Kier alpha value is -1.59. The van der Waals surface area contributed by atoms with Gasteiger partial charge in [0.1, 0.15) is 0 Å².